The van der Waals surface area contributed by atoms with Crippen LogP contribution in [0.15, 0.2) is 8.89 Å². The van der Waals surface area contributed by atoms with E-state index in [2.05, 4.69) is 36.7 Å². The summed E-state index contributed by atoms with van der Waals surface area (Å²) in [5.41, 5.74) is 5.69. The predicted octanol–water partition coefficient (Wildman–Crippen LogP) is 5.17. The molecule has 1 aromatic carbocycles. The molecule has 0 radical (unpaired) electrons. The van der Waals surface area contributed by atoms with E-state index in [-0.39, 0.29) is 0 Å². The number of benzene rings is 1. The molecule has 18 heavy (non-hydrogen) atoms. The van der Waals surface area contributed by atoms with Gasteiger partial charge in [0.1, 0.15) is 5.52 Å². The van der Waals surface area contributed by atoms with Gasteiger partial charge in [0.15, 0.2) is 11.5 Å². The van der Waals surface area contributed by atoms with E-state index in [0.717, 1.165) is 21.5 Å². The minimum absolute atomic E-state index is 0.537. The van der Waals surface area contributed by atoms with Crippen LogP contribution >= 0.6 is 15.9 Å². The van der Waals surface area contributed by atoms with E-state index in [1.165, 1.54) is 42.4 Å². The Morgan fingerprint density at radius 2 is 1.72 bits per heavy atom. The molecule has 0 spiro atoms. The fourth-order valence-corrected chi connectivity index (χ4v) is 3.39. The molecule has 0 amide bonds. The van der Waals surface area contributed by atoms with E-state index in [1.54, 1.807) is 0 Å². The third-order valence-electron chi connectivity index (χ3n) is 4.26. The van der Waals surface area contributed by atoms with Crippen LogP contribution in [0.1, 0.15) is 54.2 Å². The molecule has 1 aliphatic rings. The maximum atomic E-state index is 6.06. The Morgan fingerprint density at radius 1 is 1.06 bits per heavy atom. The third kappa shape index (κ3) is 1.71. The maximum absolute atomic E-state index is 6.06. The Bertz CT molecular complexity index is 564. The maximum Gasteiger partial charge on any atom is 0.198 e. The molecule has 0 atom stereocenters. The van der Waals surface area contributed by atoms with Crippen molar-refractivity contribution in [3.05, 3.63) is 27.1 Å². The van der Waals surface area contributed by atoms with Crippen molar-refractivity contribution in [2.45, 2.75) is 52.4 Å². The van der Waals surface area contributed by atoms with E-state index < -0.39 is 0 Å². The molecule has 0 N–H and O–H groups in total. The Kier molecular flexibility index (Phi) is 2.97. The average molecular weight is 308 g/mol. The summed E-state index contributed by atoms with van der Waals surface area (Å²) < 4.78 is 7.21. The van der Waals surface area contributed by atoms with Gasteiger partial charge in [-0.05, 0) is 44.7 Å². The number of oxazole rings is 1. The van der Waals surface area contributed by atoms with E-state index in [9.17, 15) is 0 Å². The van der Waals surface area contributed by atoms with Crippen molar-refractivity contribution in [3.63, 3.8) is 0 Å². The van der Waals surface area contributed by atoms with Crippen LogP contribution in [-0.4, -0.2) is 4.98 Å². The zero-order chi connectivity index (χ0) is 12.9. The van der Waals surface area contributed by atoms with Crippen LogP contribution in [0.4, 0.5) is 0 Å². The van der Waals surface area contributed by atoms with Crippen LogP contribution in [0, 0.1) is 20.8 Å². The highest BCUT2D eigenvalue weighted by atomic mass is 79.9. The normalized spacial score (nSPS) is 16.9. The molecule has 1 fully saturated rings. The first kappa shape index (κ1) is 12.2. The summed E-state index contributed by atoms with van der Waals surface area (Å²) in [6.07, 6.45) is 5.07. The van der Waals surface area contributed by atoms with Crippen LogP contribution in [0.2, 0.25) is 0 Å². The lowest BCUT2D eigenvalue weighted by molar-refractivity contribution is 0.473. The molecule has 1 aliphatic carbocycles. The first-order chi connectivity index (χ1) is 8.59. The lowest BCUT2D eigenvalue weighted by Gasteiger charge is -2.06. The standard InChI is InChI=1S/C15H18BrNO/c1-8-9(2)13-14(10(3)12(8)16)18-15(17-13)11-6-4-5-7-11/h11H,4-7H2,1-3H3. The number of halogens is 1. The highest BCUT2D eigenvalue weighted by molar-refractivity contribution is 9.10. The first-order valence-corrected chi connectivity index (χ1v) is 7.44. The van der Waals surface area contributed by atoms with E-state index in [0.29, 0.717) is 5.92 Å². The van der Waals surface area contributed by atoms with Crippen molar-refractivity contribution in [2.75, 3.05) is 0 Å². The second-order valence-electron chi connectivity index (χ2n) is 5.40. The van der Waals surface area contributed by atoms with Crippen LogP contribution in [0.5, 0.6) is 0 Å². The molecule has 0 bridgehead atoms. The molecule has 3 rings (SSSR count). The summed E-state index contributed by atoms with van der Waals surface area (Å²) in [5, 5.41) is 0. The SMILES string of the molecule is Cc1c(Br)c(C)c2oc(C3CCCC3)nc2c1C. The van der Waals surface area contributed by atoms with Gasteiger partial charge in [-0.1, -0.05) is 28.8 Å². The van der Waals surface area contributed by atoms with Crippen molar-refractivity contribution < 1.29 is 4.42 Å². The molecule has 3 heteroatoms. The summed E-state index contributed by atoms with van der Waals surface area (Å²) in [7, 11) is 0. The zero-order valence-electron chi connectivity index (χ0n) is 11.1. The lowest BCUT2D eigenvalue weighted by atomic mass is 10.1. The number of nitrogens with zero attached hydrogens (tertiary/aromatic N) is 1. The minimum atomic E-state index is 0.537. The molecule has 0 unspecified atom stereocenters. The van der Waals surface area contributed by atoms with E-state index >= 15 is 0 Å². The van der Waals surface area contributed by atoms with Gasteiger partial charge in [-0.15, -0.1) is 0 Å². The monoisotopic (exact) mass is 307 g/mol. The summed E-state index contributed by atoms with van der Waals surface area (Å²) in [6, 6.07) is 0. The molecule has 2 nitrogen and oxygen atoms in total. The van der Waals surface area contributed by atoms with E-state index in [4.69, 9.17) is 9.40 Å². The quantitative estimate of drug-likeness (QED) is 0.726. The highest BCUT2D eigenvalue weighted by Gasteiger charge is 2.24. The van der Waals surface area contributed by atoms with Gasteiger partial charge in [0, 0.05) is 16.0 Å². The van der Waals surface area contributed by atoms with Crippen LogP contribution < -0.4 is 0 Å². The Labute approximate surface area is 116 Å². The van der Waals surface area contributed by atoms with Gasteiger partial charge in [-0.2, -0.15) is 0 Å². The number of hydrogen-bond donors (Lipinski definition) is 0. The fourth-order valence-electron chi connectivity index (χ4n) is 2.92. The summed E-state index contributed by atoms with van der Waals surface area (Å²) >= 11 is 3.66. The van der Waals surface area contributed by atoms with Gasteiger partial charge in [0.25, 0.3) is 0 Å². The van der Waals surface area contributed by atoms with Gasteiger partial charge in [-0.25, -0.2) is 4.98 Å². The van der Waals surface area contributed by atoms with Crippen LogP contribution in [-0.2, 0) is 0 Å². The molecule has 96 valence electrons. The van der Waals surface area contributed by atoms with Crippen molar-refractivity contribution >= 4 is 27.0 Å². The fraction of sp³-hybridized carbons (Fsp3) is 0.533. The van der Waals surface area contributed by atoms with Crippen molar-refractivity contribution in [2.24, 2.45) is 0 Å². The zero-order valence-corrected chi connectivity index (χ0v) is 12.7. The summed E-state index contributed by atoms with van der Waals surface area (Å²) in [4.78, 5) is 4.77. The largest absolute Gasteiger partial charge is 0.440 e. The Balaban J connectivity index is 2.22. The minimum Gasteiger partial charge on any atom is -0.440 e. The highest BCUT2D eigenvalue weighted by Crippen LogP contribution is 2.38. The average Bonchev–Trinajstić information content (AvgIpc) is 3.01. The second kappa shape index (κ2) is 4.37. The Hall–Kier alpha value is -0.830. The first-order valence-electron chi connectivity index (χ1n) is 6.65. The molecule has 1 aromatic heterocycles. The van der Waals surface area contributed by atoms with Crippen LogP contribution in [0.25, 0.3) is 11.1 Å². The molecule has 0 saturated heterocycles. The predicted molar refractivity (Wildman–Crippen MR) is 77.1 cm³/mol. The molecular formula is C15H18BrNO. The van der Waals surface area contributed by atoms with Crippen molar-refractivity contribution in [1.29, 1.82) is 0 Å². The third-order valence-corrected chi connectivity index (χ3v) is 5.45. The topological polar surface area (TPSA) is 26.0 Å². The van der Waals surface area contributed by atoms with Crippen molar-refractivity contribution in [1.82, 2.24) is 4.98 Å². The molecule has 2 aromatic rings. The van der Waals surface area contributed by atoms with Gasteiger partial charge < -0.3 is 4.42 Å². The van der Waals surface area contributed by atoms with Gasteiger partial charge in [0.05, 0.1) is 0 Å². The smallest absolute Gasteiger partial charge is 0.198 e. The molecular weight excluding hydrogens is 290 g/mol. The number of hydrogen-bond acceptors (Lipinski definition) is 2. The van der Waals surface area contributed by atoms with Crippen molar-refractivity contribution in [3.8, 4) is 0 Å². The van der Waals surface area contributed by atoms with Gasteiger partial charge >= 0.3 is 0 Å². The number of fused-ring (bicyclic) bond motifs is 1. The van der Waals surface area contributed by atoms with E-state index in [1.807, 2.05) is 0 Å². The molecule has 1 heterocycles. The number of aryl methyl sites for hydroxylation is 2. The van der Waals surface area contributed by atoms with Gasteiger partial charge in [0.2, 0.25) is 0 Å². The molecule has 0 aliphatic heterocycles. The van der Waals surface area contributed by atoms with Gasteiger partial charge in [-0.3, -0.25) is 0 Å². The molecule has 1 saturated carbocycles. The number of aromatic nitrogens is 1. The van der Waals surface area contributed by atoms with Crippen LogP contribution in [0.3, 0.4) is 0 Å². The summed E-state index contributed by atoms with van der Waals surface area (Å²) in [6.45, 7) is 6.36. The lowest BCUT2D eigenvalue weighted by Crippen LogP contribution is -1.92. The Morgan fingerprint density at radius 3 is 2.39 bits per heavy atom. The second-order valence-corrected chi connectivity index (χ2v) is 6.19. The summed E-state index contributed by atoms with van der Waals surface area (Å²) in [5.74, 6) is 1.49. The number of rotatable bonds is 1.